The lowest BCUT2D eigenvalue weighted by Crippen LogP contribution is -2.35. The average Bonchev–Trinajstić information content (AvgIpc) is 2.95. The Morgan fingerprint density at radius 3 is 2.74 bits per heavy atom. The summed E-state index contributed by atoms with van der Waals surface area (Å²) < 4.78 is 1.45. The van der Waals surface area contributed by atoms with Gasteiger partial charge in [-0.15, -0.1) is 0 Å². The Balaban J connectivity index is 1.96. The topological polar surface area (TPSA) is 71.3 Å². The maximum atomic E-state index is 12.1. The van der Waals surface area contributed by atoms with Gasteiger partial charge in [-0.3, -0.25) is 9.59 Å². The predicted molar refractivity (Wildman–Crippen MR) is 71.0 cm³/mol. The van der Waals surface area contributed by atoms with Crippen molar-refractivity contribution in [2.45, 2.75) is 39.2 Å². The van der Waals surface area contributed by atoms with Crippen LogP contribution < -0.4 is 5.32 Å². The van der Waals surface area contributed by atoms with E-state index in [9.17, 15) is 9.59 Å². The van der Waals surface area contributed by atoms with E-state index in [0.717, 1.165) is 12.8 Å². The second-order valence-corrected chi connectivity index (χ2v) is 5.62. The SMILES string of the molecule is CC1(CNC(=O)c2cccn2CC(=O)O)CCCC1. The first-order chi connectivity index (χ1) is 9.00. The summed E-state index contributed by atoms with van der Waals surface area (Å²) in [7, 11) is 0. The first kappa shape index (κ1) is 13.6. The Hall–Kier alpha value is -1.78. The molecule has 1 saturated carbocycles. The second kappa shape index (κ2) is 5.47. The van der Waals surface area contributed by atoms with Gasteiger partial charge in [-0.05, 0) is 30.4 Å². The molecule has 5 nitrogen and oxygen atoms in total. The molecule has 1 amide bonds. The third kappa shape index (κ3) is 3.36. The van der Waals surface area contributed by atoms with Gasteiger partial charge in [0, 0.05) is 12.7 Å². The van der Waals surface area contributed by atoms with Crippen LogP contribution in [0, 0.1) is 5.41 Å². The van der Waals surface area contributed by atoms with E-state index >= 15 is 0 Å². The molecule has 2 rings (SSSR count). The lowest BCUT2D eigenvalue weighted by Gasteiger charge is -2.23. The van der Waals surface area contributed by atoms with Gasteiger partial charge < -0.3 is 15.0 Å². The molecule has 0 atom stereocenters. The number of carbonyl (C=O) groups is 2. The van der Waals surface area contributed by atoms with Crippen molar-refractivity contribution >= 4 is 11.9 Å². The van der Waals surface area contributed by atoms with Crippen LogP contribution in [0.5, 0.6) is 0 Å². The highest BCUT2D eigenvalue weighted by Gasteiger charge is 2.29. The number of amides is 1. The minimum atomic E-state index is -0.951. The van der Waals surface area contributed by atoms with Gasteiger partial charge in [0.15, 0.2) is 0 Å². The molecule has 0 aliphatic heterocycles. The summed E-state index contributed by atoms with van der Waals surface area (Å²) in [6.07, 6.45) is 6.34. The fourth-order valence-electron chi connectivity index (χ4n) is 2.69. The number of nitrogens with one attached hydrogen (secondary N) is 1. The minimum absolute atomic E-state index is 0.187. The smallest absolute Gasteiger partial charge is 0.323 e. The van der Waals surface area contributed by atoms with E-state index in [4.69, 9.17) is 5.11 Å². The van der Waals surface area contributed by atoms with Crippen LogP contribution in [0.3, 0.4) is 0 Å². The second-order valence-electron chi connectivity index (χ2n) is 5.62. The van der Waals surface area contributed by atoms with Crippen molar-refractivity contribution in [2.75, 3.05) is 6.54 Å². The molecule has 104 valence electrons. The lowest BCUT2D eigenvalue weighted by molar-refractivity contribution is -0.137. The van der Waals surface area contributed by atoms with Gasteiger partial charge in [-0.2, -0.15) is 0 Å². The lowest BCUT2D eigenvalue weighted by atomic mass is 9.89. The van der Waals surface area contributed by atoms with Crippen LogP contribution >= 0.6 is 0 Å². The van der Waals surface area contributed by atoms with Crippen LogP contribution in [0.1, 0.15) is 43.1 Å². The molecular weight excluding hydrogens is 244 g/mol. The average molecular weight is 264 g/mol. The molecule has 0 saturated heterocycles. The maximum Gasteiger partial charge on any atom is 0.323 e. The Morgan fingerprint density at radius 2 is 2.11 bits per heavy atom. The fraction of sp³-hybridized carbons (Fsp3) is 0.571. The Kier molecular flexibility index (Phi) is 3.93. The van der Waals surface area contributed by atoms with Crippen LogP contribution in [-0.2, 0) is 11.3 Å². The Morgan fingerprint density at radius 1 is 1.42 bits per heavy atom. The van der Waals surface area contributed by atoms with E-state index < -0.39 is 5.97 Å². The van der Waals surface area contributed by atoms with Gasteiger partial charge in [0.25, 0.3) is 5.91 Å². The Bertz CT molecular complexity index is 473. The quantitative estimate of drug-likeness (QED) is 0.853. The molecule has 1 aromatic rings. The van der Waals surface area contributed by atoms with E-state index in [-0.39, 0.29) is 17.9 Å². The van der Waals surface area contributed by atoms with Gasteiger partial charge >= 0.3 is 5.97 Å². The standard InChI is InChI=1S/C14H20N2O3/c1-14(6-2-3-7-14)10-15-13(19)11-5-4-8-16(11)9-12(17)18/h4-5,8H,2-3,6-7,9-10H2,1H3,(H,15,19)(H,17,18). The van der Waals surface area contributed by atoms with Crippen molar-refractivity contribution in [3.63, 3.8) is 0 Å². The minimum Gasteiger partial charge on any atom is -0.480 e. The largest absolute Gasteiger partial charge is 0.480 e. The van der Waals surface area contributed by atoms with Crippen molar-refractivity contribution in [2.24, 2.45) is 5.41 Å². The summed E-state index contributed by atoms with van der Waals surface area (Å²) in [6, 6.07) is 3.34. The molecule has 0 spiro atoms. The van der Waals surface area contributed by atoms with Crippen LogP contribution in [0.25, 0.3) is 0 Å². The molecule has 0 aromatic carbocycles. The van der Waals surface area contributed by atoms with Gasteiger partial charge in [0.05, 0.1) is 0 Å². The number of carboxylic acids is 1. The number of nitrogens with zero attached hydrogens (tertiary/aromatic N) is 1. The number of carbonyl (C=O) groups excluding carboxylic acids is 1. The highest BCUT2D eigenvalue weighted by atomic mass is 16.4. The first-order valence-corrected chi connectivity index (χ1v) is 6.65. The third-order valence-electron chi connectivity index (χ3n) is 3.85. The third-order valence-corrected chi connectivity index (χ3v) is 3.85. The summed E-state index contributed by atoms with van der Waals surface area (Å²) in [5, 5.41) is 11.7. The zero-order chi connectivity index (χ0) is 13.9. The summed E-state index contributed by atoms with van der Waals surface area (Å²) in [5.41, 5.74) is 0.601. The molecule has 19 heavy (non-hydrogen) atoms. The molecule has 1 aromatic heterocycles. The fourth-order valence-corrected chi connectivity index (χ4v) is 2.69. The summed E-state index contributed by atoms with van der Waals surface area (Å²) in [4.78, 5) is 22.8. The maximum absolute atomic E-state index is 12.1. The molecule has 2 N–H and O–H groups in total. The van der Waals surface area contributed by atoms with E-state index in [2.05, 4.69) is 12.2 Å². The van der Waals surface area contributed by atoms with Gasteiger partial charge in [-0.1, -0.05) is 19.8 Å². The number of aromatic nitrogens is 1. The highest BCUT2D eigenvalue weighted by Crippen LogP contribution is 2.36. The number of rotatable bonds is 5. The molecule has 5 heteroatoms. The molecule has 1 aliphatic carbocycles. The van der Waals surface area contributed by atoms with E-state index in [1.54, 1.807) is 18.3 Å². The van der Waals surface area contributed by atoms with Crippen molar-refractivity contribution < 1.29 is 14.7 Å². The van der Waals surface area contributed by atoms with Crippen molar-refractivity contribution in [3.8, 4) is 0 Å². The van der Waals surface area contributed by atoms with E-state index in [0.29, 0.717) is 12.2 Å². The van der Waals surface area contributed by atoms with E-state index in [1.807, 2.05) is 0 Å². The van der Waals surface area contributed by atoms with Crippen molar-refractivity contribution in [1.29, 1.82) is 0 Å². The van der Waals surface area contributed by atoms with Gasteiger partial charge in [0.1, 0.15) is 12.2 Å². The number of hydrogen-bond donors (Lipinski definition) is 2. The van der Waals surface area contributed by atoms with Crippen LogP contribution in [0.2, 0.25) is 0 Å². The van der Waals surface area contributed by atoms with Crippen LogP contribution in [0.4, 0.5) is 0 Å². The van der Waals surface area contributed by atoms with Crippen LogP contribution in [0.15, 0.2) is 18.3 Å². The predicted octanol–water partition coefficient (Wildman–Crippen LogP) is 1.88. The molecule has 1 heterocycles. The molecule has 0 bridgehead atoms. The normalized spacial score (nSPS) is 17.3. The summed E-state index contributed by atoms with van der Waals surface area (Å²) in [6.45, 7) is 2.66. The zero-order valence-electron chi connectivity index (χ0n) is 11.2. The van der Waals surface area contributed by atoms with Crippen LogP contribution in [-0.4, -0.2) is 28.1 Å². The molecule has 0 unspecified atom stereocenters. The molecule has 0 radical (unpaired) electrons. The molecule has 1 fully saturated rings. The number of carboxylic acid groups (broad SMARTS) is 1. The summed E-state index contributed by atoms with van der Waals surface area (Å²) in [5.74, 6) is -1.15. The molecular formula is C14H20N2O3. The monoisotopic (exact) mass is 264 g/mol. The van der Waals surface area contributed by atoms with Crippen molar-refractivity contribution in [3.05, 3.63) is 24.0 Å². The van der Waals surface area contributed by atoms with Crippen molar-refractivity contribution in [1.82, 2.24) is 9.88 Å². The first-order valence-electron chi connectivity index (χ1n) is 6.65. The number of hydrogen-bond acceptors (Lipinski definition) is 2. The Labute approximate surface area is 112 Å². The number of aliphatic carboxylic acids is 1. The van der Waals surface area contributed by atoms with E-state index in [1.165, 1.54) is 17.4 Å². The zero-order valence-corrected chi connectivity index (χ0v) is 11.2. The molecule has 1 aliphatic rings. The summed E-state index contributed by atoms with van der Waals surface area (Å²) >= 11 is 0. The highest BCUT2D eigenvalue weighted by molar-refractivity contribution is 5.93. The van der Waals surface area contributed by atoms with Gasteiger partial charge in [-0.25, -0.2) is 0 Å². The van der Waals surface area contributed by atoms with Gasteiger partial charge in [0.2, 0.25) is 0 Å².